The molecule has 1 atom stereocenters. The highest BCUT2D eigenvalue weighted by Crippen LogP contribution is 2.25. The molecule has 0 radical (unpaired) electrons. The third-order valence-electron chi connectivity index (χ3n) is 5.25. The number of benzene rings is 2. The molecular weight excluding hydrogens is 420 g/mol. The van der Waals surface area contributed by atoms with Crippen LogP contribution in [0.15, 0.2) is 48.5 Å². The zero-order chi connectivity index (χ0) is 22.0. The summed E-state index contributed by atoms with van der Waals surface area (Å²) < 4.78 is 25.4. The van der Waals surface area contributed by atoms with Crippen molar-refractivity contribution in [1.29, 1.82) is 0 Å². The molecule has 0 aliphatic carbocycles. The fraction of sp³-hybridized carbons (Fsp3) is 0.286. The van der Waals surface area contributed by atoms with Gasteiger partial charge < -0.3 is 16.0 Å². The number of carbonyl (C=O) groups is 3. The van der Waals surface area contributed by atoms with E-state index in [1.54, 1.807) is 48.5 Å². The fourth-order valence-electron chi connectivity index (χ4n) is 3.65. The lowest BCUT2D eigenvalue weighted by Crippen LogP contribution is -2.41. The number of fused-ring (bicyclic) bond motifs is 1. The van der Waals surface area contributed by atoms with Crippen molar-refractivity contribution in [2.75, 3.05) is 27.2 Å². The number of sulfonamides is 1. The maximum absolute atomic E-state index is 12.4. The molecule has 1 saturated heterocycles. The Morgan fingerprint density at radius 1 is 1.10 bits per heavy atom. The van der Waals surface area contributed by atoms with E-state index < -0.39 is 16.1 Å². The van der Waals surface area contributed by atoms with Crippen molar-refractivity contribution in [2.45, 2.75) is 25.3 Å². The molecule has 10 heteroatoms. The largest absolute Gasteiger partial charge is 0.340 e. The van der Waals surface area contributed by atoms with Crippen LogP contribution in [-0.4, -0.2) is 44.5 Å². The summed E-state index contributed by atoms with van der Waals surface area (Å²) in [5.41, 5.74) is 1.90. The van der Waals surface area contributed by atoms with Gasteiger partial charge in [-0.15, -0.1) is 0 Å². The van der Waals surface area contributed by atoms with Crippen molar-refractivity contribution < 1.29 is 22.8 Å². The first-order valence-corrected chi connectivity index (χ1v) is 11.6. The smallest absolute Gasteiger partial charge is 0.254 e. The number of amides is 3. The molecule has 0 spiro atoms. The van der Waals surface area contributed by atoms with E-state index in [1.165, 1.54) is 4.31 Å². The lowest BCUT2D eigenvalue weighted by molar-refractivity contribution is -0.118. The number of nitrogens with one attached hydrogen (secondary N) is 3. The highest BCUT2D eigenvalue weighted by atomic mass is 32.2. The first kappa shape index (κ1) is 20.9. The average Bonchev–Trinajstić information content (AvgIpc) is 3.04. The number of carbonyl (C=O) groups excluding carboxylic acids is 3. The fourth-order valence-corrected chi connectivity index (χ4v) is 5.22. The monoisotopic (exact) mass is 442 g/mol. The van der Waals surface area contributed by atoms with Gasteiger partial charge in [0.05, 0.1) is 22.7 Å². The summed E-state index contributed by atoms with van der Waals surface area (Å²) in [6, 6.07) is 12.5. The van der Waals surface area contributed by atoms with E-state index in [0.29, 0.717) is 35.6 Å². The molecule has 2 aromatic carbocycles. The van der Waals surface area contributed by atoms with E-state index in [2.05, 4.69) is 16.0 Å². The molecule has 2 aliphatic rings. The molecule has 0 unspecified atom stereocenters. The van der Waals surface area contributed by atoms with Crippen LogP contribution in [-0.2, 0) is 19.6 Å². The van der Waals surface area contributed by atoms with E-state index in [1.807, 2.05) is 0 Å². The summed E-state index contributed by atoms with van der Waals surface area (Å²) >= 11 is 0. The third-order valence-corrected chi connectivity index (χ3v) is 7.12. The van der Waals surface area contributed by atoms with Gasteiger partial charge in [0.2, 0.25) is 21.8 Å². The number of hydrogen-bond acceptors (Lipinski definition) is 5. The Bertz CT molecular complexity index is 1130. The van der Waals surface area contributed by atoms with E-state index >= 15 is 0 Å². The minimum Gasteiger partial charge on any atom is -0.340 e. The van der Waals surface area contributed by atoms with Gasteiger partial charge in [-0.3, -0.25) is 18.7 Å². The van der Waals surface area contributed by atoms with Gasteiger partial charge in [-0.05, 0) is 49.2 Å². The van der Waals surface area contributed by atoms with E-state index in [-0.39, 0.29) is 36.3 Å². The minimum atomic E-state index is -3.26. The molecule has 162 valence electrons. The number of hydrogen-bond donors (Lipinski definition) is 3. The molecular formula is C21H22N4O5S. The van der Waals surface area contributed by atoms with Crippen LogP contribution in [0, 0.1) is 0 Å². The van der Waals surface area contributed by atoms with Crippen LogP contribution in [0.1, 0.15) is 29.6 Å². The van der Waals surface area contributed by atoms with Gasteiger partial charge in [0.1, 0.15) is 6.04 Å². The van der Waals surface area contributed by atoms with Crippen LogP contribution in [0.2, 0.25) is 0 Å². The Balaban J connectivity index is 1.33. The average molecular weight is 442 g/mol. The Kier molecular flexibility index (Phi) is 5.64. The molecule has 4 rings (SSSR count). The van der Waals surface area contributed by atoms with E-state index in [4.69, 9.17) is 0 Å². The van der Waals surface area contributed by atoms with Gasteiger partial charge in [0.25, 0.3) is 5.91 Å². The van der Waals surface area contributed by atoms with Gasteiger partial charge in [-0.2, -0.15) is 0 Å². The zero-order valence-corrected chi connectivity index (χ0v) is 17.4. The van der Waals surface area contributed by atoms with Crippen molar-refractivity contribution in [3.63, 3.8) is 0 Å². The maximum atomic E-state index is 12.4. The van der Waals surface area contributed by atoms with Crippen molar-refractivity contribution in [3.8, 4) is 0 Å². The summed E-state index contributed by atoms with van der Waals surface area (Å²) in [7, 11) is -3.26. The quantitative estimate of drug-likeness (QED) is 0.650. The molecule has 0 bridgehead atoms. The van der Waals surface area contributed by atoms with Gasteiger partial charge in [0, 0.05) is 18.7 Å². The molecule has 2 heterocycles. The predicted molar refractivity (Wildman–Crippen MR) is 116 cm³/mol. The third kappa shape index (κ3) is 4.53. The summed E-state index contributed by atoms with van der Waals surface area (Å²) in [4.78, 5) is 37.1. The second kappa shape index (κ2) is 8.38. The van der Waals surface area contributed by atoms with Crippen molar-refractivity contribution in [1.82, 2.24) is 5.32 Å². The van der Waals surface area contributed by atoms with Gasteiger partial charge in [0.15, 0.2) is 0 Å². The zero-order valence-electron chi connectivity index (χ0n) is 16.6. The summed E-state index contributed by atoms with van der Waals surface area (Å²) in [6.07, 6.45) is 0.760. The molecule has 0 saturated carbocycles. The van der Waals surface area contributed by atoms with E-state index in [9.17, 15) is 22.8 Å². The van der Waals surface area contributed by atoms with Gasteiger partial charge in [-0.25, -0.2) is 8.42 Å². The summed E-state index contributed by atoms with van der Waals surface area (Å²) in [5.74, 6) is -0.915. The van der Waals surface area contributed by atoms with Crippen LogP contribution < -0.4 is 20.3 Å². The molecule has 3 N–H and O–H groups in total. The van der Waals surface area contributed by atoms with Crippen LogP contribution >= 0.6 is 0 Å². The number of anilines is 3. The predicted octanol–water partition coefficient (Wildman–Crippen LogP) is 1.70. The number of rotatable bonds is 5. The molecule has 9 nitrogen and oxygen atoms in total. The number of nitrogens with zero attached hydrogens (tertiary/aromatic N) is 1. The minimum absolute atomic E-state index is 0.0248. The molecule has 1 fully saturated rings. The van der Waals surface area contributed by atoms with Crippen molar-refractivity contribution in [3.05, 3.63) is 54.1 Å². The van der Waals surface area contributed by atoms with Crippen LogP contribution in [0.3, 0.4) is 0 Å². The highest BCUT2D eigenvalue weighted by Gasteiger charge is 2.29. The SMILES string of the molecule is O=C(CC[C@H]1NC(=O)c2ccccc2NC1=O)Nc1ccc(N2CCCS2(=O)=O)cc1. The van der Waals surface area contributed by atoms with Gasteiger partial charge >= 0.3 is 0 Å². The first-order valence-electron chi connectivity index (χ1n) is 9.94. The van der Waals surface area contributed by atoms with Crippen LogP contribution in [0.25, 0.3) is 0 Å². The molecule has 3 amide bonds. The molecule has 31 heavy (non-hydrogen) atoms. The molecule has 2 aromatic rings. The summed E-state index contributed by atoms with van der Waals surface area (Å²) in [6.45, 7) is 0.451. The number of para-hydroxylation sites is 1. The van der Waals surface area contributed by atoms with Gasteiger partial charge in [-0.1, -0.05) is 12.1 Å². The summed E-state index contributed by atoms with van der Waals surface area (Å²) in [5, 5.41) is 8.09. The molecule has 0 aromatic heterocycles. The Hall–Kier alpha value is -3.40. The van der Waals surface area contributed by atoms with Crippen molar-refractivity contribution in [2.24, 2.45) is 0 Å². The first-order chi connectivity index (χ1) is 14.8. The lowest BCUT2D eigenvalue weighted by Gasteiger charge is -2.17. The topological polar surface area (TPSA) is 125 Å². The van der Waals surface area contributed by atoms with Crippen LogP contribution in [0.4, 0.5) is 17.1 Å². The Morgan fingerprint density at radius 3 is 2.55 bits per heavy atom. The van der Waals surface area contributed by atoms with E-state index in [0.717, 1.165) is 0 Å². The standard InChI is InChI=1S/C21H22N4O5S/c26-19(22-14-6-8-15(9-7-14)25-12-3-13-31(25,29)30)11-10-18-21(28)23-17-5-2-1-4-16(17)20(27)24-18/h1-2,4-9,18H,3,10-13H2,(H,22,26)(H,23,28)(H,24,27)/t18-/m1/s1. The maximum Gasteiger partial charge on any atom is 0.254 e. The molecule has 2 aliphatic heterocycles. The Labute approximate surface area is 179 Å². The highest BCUT2D eigenvalue weighted by molar-refractivity contribution is 7.93. The van der Waals surface area contributed by atoms with Crippen molar-refractivity contribution >= 4 is 44.8 Å². The van der Waals surface area contributed by atoms with Crippen LogP contribution in [0.5, 0.6) is 0 Å². The Morgan fingerprint density at radius 2 is 1.84 bits per heavy atom. The lowest BCUT2D eigenvalue weighted by atomic mass is 10.1. The second-order valence-corrected chi connectivity index (χ2v) is 9.45. The normalized spacial score (nSPS) is 19.7. The second-order valence-electron chi connectivity index (χ2n) is 7.44.